The van der Waals surface area contributed by atoms with Crippen LogP contribution in [-0.4, -0.2) is 53.7 Å². The van der Waals surface area contributed by atoms with E-state index in [4.69, 9.17) is 5.73 Å². The molecule has 6 nitrogen and oxygen atoms in total. The Balaban J connectivity index is 1.99. The van der Waals surface area contributed by atoms with Gasteiger partial charge in [0.2, 0.25) is 17.7 Å². The summed E-state index contributed by atoms with van der Waals surface area (Å²) in [6.07, 6.45) is 3.24. The molecule has 130 valence electrons. The average molecular weight is 323 g/mol. The monoisotopic (exact) mass is 323 g/mol. The quantitative estimate of drug-likeness (QED) is 0.822. The minimum atomic E-state index is -0.423. The lowest BCUT2D eigenvalue weighted by Crippen LogP contribution is -2.51. The number of amides is 3. The summed E-state index contributed by atoms with van der Waals surface area (Å²) in [5, 5.41) is 0. The Bertz CT molecular complexity index is 484. The van der Waals surface area contributed by atoms with Crippen molar-refractivity contribution < 1.29 is 14.4 Å². The zero-order chi connectivity index (χ0) is 17.2. The highest BCUT2D eigenvalue weighted by molar-refractivity contribution is 5.84. The van der Waals surface area contributed by atoms with E-state index in [1.165, 1.54) is 0 Å². The van der Waals surface area contributed by atoms with E-state index in [1.54, 1.807) is 4.90 Å². The summed E-state index contributed by atoms with van der Waals surface area (Å²) < 4.78 is 0. The van der Waals surface area contributed by atoms with Gasteiger partial charge in [-0.25, -0.2) is 0 Å². The number of rotatable bonds is 2. The van der Waals surface area contributed by atoms with Gasteiger partial charge in [0.1, 0.15) is 0 Å². The van der Waals surface area contributed by atoms with Crippen molar-refractivity contribution in [2.24, 2.45) is 23.0 Å². The molecule has 2 aliphatic rings. The van der Waals surface area contributed by atoms with E-state index in [9.17, 15) is 14.4 Å². The zero-order valence-electron chi connectivity index (χ0n) is 14.5. The number of primary amides is 1. The molecule has 0 aromatic carbocycles. The van der Waals surface area contributed by atoms with Crippen LogP contribution in [0.25, 0.3) is 0 Å². The van der Waals surface area contributed by atoms with Gasteiger partial charge in [0.05, 0.1) is 11.8 Å². The van der Waals surface area contributed by atoms with Gasteiger partial charge in [-0.2, -0.15) is 0 Å². The van der Waals surface area contributed by atoms with Crippen LogP contribution in [0.1, 0.15) is 46.5 Å². The predicted octanol–water partition coefficient (Wildman–Crippen LogP) is 0.995. The van der Waals surface area contributed by atoms with Crippen LogP contribution < -0.4 is 5.73 Å². The molecule has 2 rings (SSSR count). The van der Waals surface area contributed by atoms with E-state index in [0.717, 1.165) is 32.2 Å². The number of nitrogens with zero attached hydrogens (tertiary/aromatic N) is 2. The second-order valence-corrected chi connectivity index (χ2v) is 7.87. The van der Waals surface area contributed by atoms with Gasteiger partial charge in [0, 0.05) is 31.6 Å². The van der Waals surface area contributed by atoms with Gasteiger partial charge >= 0.3 is 0 Å². The minimum Gasteiger partial charge on any atom is -0.369 e. The van der Waals surface area contributed by atoms with Crippen LogP contribution in [0, 0.1) is 17.3 Å². The molecule has 23 heavy (non-hydrogen) atoms. The highest BCUT2D eigenvalue weighted by atomic mass is 16.2. The normalized spacial score (nSPS) is 26.0. The van der Waals surface area contributed by atoms with Crippen LogP contribution in [0.3, 0.4) is 0 Å². The lowest BCUT2D eigenvalue weighted by atomic mass is 9.89. The van der Waals surface area contributed by atoms with Crippen LogP contribution in [0.2, 0.25) is 0 Å². The molecule has 2 atom stereocenters. The molecule has 3 amide bonds. The summed E-state index contributed by atoms with van der Waals surface area (Å²) in [6, 6.07) is 0. The fraction of sp³-hybridized carbons (Fsp3) is 0.824. The zero-order valence-corrected chi connectivity index (χ0v) is 14.5. The predicted molar refractivity (Wildman–Crippen MR) is 87.3 cm³/mol. The summed E-state index contributed by atoms with van der Waals surface area (Å²) in [7, 11) is 0. The highest BCUT2D eigenvalue weighted by Crippen LogP contribution is 2.26. The van der Waals surface area contributed by atoms with E-state index in [0.29, 0.717) is 19.6 Å². The van der Waals surface area contributed by atoms with Crippen LogP contribution in [-0.2, 0) is 14.4 Å². The fourth-order valence-corrected chi connectivity index (χ4v) is 3.51. The molecule has 0 radical (unpaired) electrons. The van der Waals surface area contributed by atoms with Crippen LogP contribution in [0.15, 0.2) is 0 Å². The third kappa shape index (κ3) is 4.24. The molecule has 0 saturated carbocycles. The molecule has 0 aromatic heterocycles. The summed E-state index contributed by atoms with van der Waals surface area (Å²) >= 11 is 0. The van der Waals surface area contributed by atoms with E-state index < -0.39 is 5.41 Å². The first kappa shape index (κ1) is 17.8. The summed E-state index contributed by atoms with van der Waals surface area (Å²) in [5.74, 6) is -0.535. The maximum Gasteiger partial charge on any atom is 0.227 e. The van der Waals surface area contributed by atoms with Gasteiger partial charge in [-0.1, -0.05) is 20.8 Å². The van der Waals surface area contributed by atoms with Crippen molar-refractivity contribution in [2.45, 2.75) is 46.5 Å². The summed E-state index contributed by atoms with van der Waals surface area (Å²) in [5.41, 5.74) is 4.96. The number of nitrogens with two attached hydrogens (primary N) is 1. The summed E-state index contributed by atoms with van der Waals surface area (Å²) in [4.78, 5) is 40.2. The van der Waals surface area contributed by atoms with Gasteiger partial charge in [-0.05, 0) is 25.7 Å². The molecule has 0 aliphatic carbocycles. The maximum atomic E-state index is 12.8. The molecule has 2 unspecified atom stereocenters. The standard InChI is InChI=1S/C17H29N3O3/c1-17(2,3)16(23)20-9-5-7-13(11-20)15(22)19-8-4-6-12(10-19)14(18)21/h12-13H,4-11H2,1-3H3,(H2,18,21). The second kappa shape index (κ2) is 6.89. The molecule has 0 spiro atoms. The maximum absolute atomic E-state index is 12.8. The first-order valence-corrected chi connectivity index (χ1v) is 8.57. The smallest absolute Gasteiger partial charge is 0.227 e. The van der Waals surface area contributed by atoms with Crippen LogP contribution in [0.5, 0.6) is 0 Å². The van der Waals surface area contributed by atoms with Crippen LogP contribution in [0.4, 0.5) is 0 Å². The Morgan fingerprint density at radius 3 is 2.00 bits per heavy atom. The number of carbonyl (C=O) groups is 3. The highest BCUT2D eigenvalue weighted by Gasteiger charge is 2.36. The van der Waals surface area contributed by atoms with Crippen molar-refractivity contribution in [3.05, 3.63) is 0 Å². The second-order valence-electron chi connectivity index (χ2n) is 7.87. The fourth-order valence-electron chi connectivity index (χ4n) is 3.51. The minimum absolute atomic E-state index is 0.0716. The van der Waals surface area contributed by atoms with Gasteiger partial charge in [-0.3, -0.25) is 14.4 Å². The Hall–Kier alpha value is -1.59. The lowest BCUT2D eigenvalue weighted by molar-refractivity contribution is -0.146. The van der Waals surface area contributed by atoms with E-state index in [1.807, 2.05) is 25.7 Å². The molecule has 2 N–H and O–H groups in total. The van der Waals surface area contributed by atoms with Crippen molar-refractivity contribution >= 4 is 17.7 Å². The average Bonchev–Trinajstić information content (AvgIpc) is 2.52. The van der Waals surface area contributed by atoms with Gasteiger partial charge in [-0.15, -0.1) is 0 Å². The van der Waals surface area contributed by atoms with Crippen molar-refractivity contribution in [1.29, 1.82) is 0 Å². The van der Waals surface area contributed by atoms with Crippen molar-refractivity contribution in [1.82, 2.24) is 9.80 Å². The molecule has 2 aliphatic heterocycles. The number of likely N-dealkylation sites (tertiary alicyclic amines) is 2. The Kier molecular flexibility index (Phi) is 5.32. The van der Waals surface area contributed by atoms with Gasteiger partial charge < -0.3 is 15.5 Å². The number of hydrogen-bond donors (Lipinski definition) is 1. The number of hydrogen-bond acceptors (Lipinski definition) is 3. The van der Waals surface area contributed by atoms with Crippen molar-refractivity contribution in [2.75, 3.05) is 26.2 Å². The molecule has 2 saturated heterocycles. The largest absolute Gasteiger partial charge is 0.369 e. The molecule has 2 fully saturated rings. The van der Waals surface area contributed by atoms with E-state index in [2.05, 4.69) is 0 Å². The molecular formula is C17H29N3O3. The first-order chi connectivity index (χ1) is 10.7. The van der Waals surface area contributed by atoms with E-state index >= 15 is 0 Å². The summed E-state index contributed by atoms with van der Waals surface area (Å²) in [6.45, 7) is 8.05. The Labute approximate surface area is 138 Å². The van der Waals surface area contributed by atoms with E-state index in [-0.39, 0.29) is 29.6 Å². The molecule has 2 heterocycles. The Morgan fingerprint density at radius 1 is 0.913 bits per heavy atom. The molecule has 6 heteroatoms. The SMILES string of the molecule is CC(C)(C)C(=O)N1CCCC(C(=O)N2CCCC(C(N)=O)C2)C1. The topological polar surface area (TPSA) is 83.7 Å². The van der Waals surface area contributed by atoms with Gasteiger partial charge in [0.25, 0.3) is 0 Å². The molecular weight excluding hydrogens is 294 g/mol. The number of piperidine rings is 2. The lowest BCUT2D eigenvalue weighted by Gasteiger charge is -2.39. The molecule has 0 bridgehead atoms. The van der Waals surface area contributed by atoms with Crippen molar-refractivity contribution in [3.8, 4) is 0 Å². The molecule has 0 aromatic rings. The third-order valence-corrected chi connectivity index (χ3v) is 4.83. The Morgan fingerprint density at radius 2 is 1.43 bits per heavy atom. The van der Waals surface area contributed by atoms with Gasteiger partial charge in [0.15, 0.2) is 0 Å². The third-order valence-electron chi connectivity index (χ3n) is 4.83. The first-order valence-electron chi connectivity index (χ1n) is 8.57. The van der Waals surface area contributed by atoms with Crippen LogP contribution >= 0.6 is 0 Å². The number of carbonyl (C=O) groups excluding carboxylic acids is 3. The van der Waals surface area contributed by atoms with Crippen molar-refractivity contribution in [3.63, 3.8) is 0 Å².